The molecule has 106 valence electrons. The van der Waals surface area contributed by atoms with Crippen LogP contribution in [-0.2, 0) is 6.42 Å². The molecule has 0 fully saturated rings. The van der Waals surface area contributed by atoms with Crippen molar-refractivity contribution in [1.29, 1.82) is 5.41 Å². The molecule has 6 nitrogen and oxygen atoms in total. The Kier molecular flexibility index (Phi) is 3.37. The summed E-state index contributed by atoms with van der Waals surface area (Å²) < 4.78 is 0. The average molecular weight is 281 g/mol. The van der Waals surface area contributed by atoms with Crippen molar-refractivity contribution >= 4 is 22.7 Å². The summed E-state index contributed by atoms with van der Waals surface area (Å²) in [5.74, 6) is -0.0279. The van der Waals surface area contributed by atoms with Crippen molar-refractivity contribution in [3.05, 3.63) is 54.0 Å². The van der Waals surface area contributed by atoms with Crippen LogP contribution < -0.4 is 5.06 Å². The monoisotopic (exact) mass is 281 g/mol. The number of anilines is 1. The van der Waals surface area contributed by atoms with E-state index in [1.54, 1.807) is 18.3 Å². The van der Waals surface area contributed by atoms with Crippen LogP contribution in [0.15, 0.2) is 42.9 Å². The maximum atomic E-state index is 10.3. The highest BCUT2D eigenvalue weighted by molar-refractivity contribution is 6.12. The Bertz CT molecular complexity index is 795. The number of H-pyrrole nitrogens is 1. The van der Waals surface area contributed by atoms with Crippen LogP contribution in [0.25, 0.3) is 11.2 Å². The number of aromatic amines is 1. The lowest BCUT2D eigenvalue weighted by atomic mass is 10.1. The molecule has 3 rings (SSSR count). The third-order valence-corrected chi connectivity index (χ3v) is 3.36. The molecule has 0 saturated heterocycles. The number of aryl methyl sites for hydroxylation is 1. The molecule has 0 aliphatic rings. The molecule has 3 aromatic rings. The maximum Gasteiger partial charge on any atom is 0.178 e. The number of hydrogen-bond donors (Lipinski definition) is 3. The molecule has 0 unspecified atom stereocenters. The number of hydrogen-bond acceptors (Lipinski definition) is 4. The number of imidazole rings is 1. The van der Waals surface area contributed by atoms with Crippen molar-refractivity contribution in [3.8, 4) is 0 Å². The van der Waals surface area contributed by atoms with Gasteiger partial charge < -0.3 is 4.98 Å². The van der Waals surface area contributed by atoms with Crippen LogP contribution in [0.4, 0.5) is 5.69 Å². The molecule has 0 spiro atoms. The van der Waals surface area contributed by atoms with E-state index in [-0.39, 0.29) is 5.84 Å². The van der Waals surface area contributed by atoms with Gasteiger partial charge in [0.2, 0.25) is 0 Å². The summed E-state index contributed by atoms with van der Waals surface area (Å²) >= 11 is 0. The third-order valence-electron chi connectivity index (χ3n) is 3.36. The first-order chi connectivity index (χ1) is 10.2. The minimum Gasteiger partial charge on any atom is -0.343 e. The molecule has 0 radical (unpaired) electrons. The minimum absolute atomic E-state index is 0.0279. The molecule has 3 N–H and O–H groups in total. The van der Waals surface area contributed by atoms with E-state index in [0.717, 1.165) is 17.0 Å². The van der Waals surface area contributed by atoms with Gasteiger partial charge in [0.25, 0.3) is 0 Å². The number of hydroxylamine groups is 1. The highest BCUT2D eigenvalue weighted by atomic mass is 16.5. The topological polar surface area (TPSA) is 88.9 Å². The molecular formula is C15H15N5O. The SMILES string of the molecule is CCc1cccc(N(O)C(=N)c2ccnc3nc[nH]c23)c1. The Balaban J connectivity index is 1.99. The van der Waals surface area contributed by atoms with E-state index in [9.17, 15) is 5.21 Å². The summed E-state index contributed by atoms with van der Waals surface area (Å²) in [6.07, 6.45) is 3.96. The molecule has 0 aliphatic carbocycles. The van der Waals surface area contributed by atoms with E-state index in [0.29, 0.717) is 22.4 Å². The van der Waals surface area contributed by atoms with Crippen molar-refractivity contribution in [1.82, 2.24) is 15.0 Å². The summed E-state index contributed by atoms with van der Waals surface area (Å²) in [5, 5.41) is 19.4. The zero-order valence-electron chi connectivity index (χ0n) is 11.5. The first-order valence-electron chi connectivity index (χ1n) is 6.65. The molecule has 0 amide bonds. The maximum absolute atomic E-state index is 10.3. The molecule has 2 heterocycles. The van der Waals surface area contributed by atoms with Crippen LogP contribution in [0.1, 0.15) is 18.1 Å². The third kappa shape index (κ3) is 2.36. The first-order valence-corrected chi connectivity index (χ1v) is 6.65. The highest BCUT2D eigenvalue weighted by Crippen LogP contribution is 2.20. The Labute approximate surface area is 121 Å². The number of rotatable bonds is 3. The standard InChI is InChI=1S/C15H15N5O/c1-2-10-4-3-5-11(8-10)20(21)14(16)12-6-7-17-15-13(12)18-9-19-15/h3-9,16,21H,2H2,1H3,(H,17,18,19). The summed E-state index contributed by atoms with van der Waals surface area (Å²) in [6, 6.07) is 9.15. The average Bonchev–Trinajstić information content (AvgIpc) is 3.02. The Morgan fingerprint density at radius 2 is 2.19 bits per heavy atom. The second kappa shape index (κ2) is 5.34. The van der Waals surface area contributed by atoms with Crippen LogP contribution in [0.5, 0.6) is 0 Å². The zero-order valence-corrected chi connectivity index (χ0v) is 11.5. The summed E-state index contributed by atoms with van der Waals surface area (Å²) in [7, 11) is 0. The number of pyridine rings is 1. The predicted molar refractivity (Wildman–Crippen MR) is 80.8 cm³/mol. The molecule has 0 saturated carbocycles. The van der Waals surface area contributed by atoms with E-state index < -0.39 is 0 Å². The fourth-order valence-corrected chi connectivity index (χ4v) is 2.20. The van der Waals surface area contributed by atoms with Crippen LogP contribution in [0.3, 0.4) is 0 Å². The van der Waals surface area contributed by atoms with Gasteiger partial charge in [-0.05, 0) is 30.2 Å². The number of fused-ring (bicyclic) bond motifs is 1. The number of nitrogens with one attached hydrogen (secondary N) is 2. The molecule has 0 atom stereocenters. The Morgan fingerprint density at radius 1 is 1.33 bits per heavy atom. The number of benzene rings is 1. The minimum atomic E-state index is -0.0279. The van der Waals surface area contributed by atoms with E-state index in [4.69, 9.17) is 5.41 Å². The van der Waals surface area contributed by atoms with E-state index in [1.165, 1.54) is 6.33 Å². The van der Waals surface area contributed by atoms with E-state index >= 15 is 0 Å². The van der Waals surface area contributed by atoms with Crippen molar-refractivity contribution in [2.45, 2.75) is 13.3 Å². The van der Waals surface area contributed by atoms with Gasteiger partial charge in [0.15, 0.2) is 11.5 Å². The van der Waals surface area contributed by atoms with E-state index in [1.807, 2.05) is 25.1 Å². The number of amidine groups is 1. The van der Waals surface area contributed by atoms with Gasteiger partial charge in [0.05, 0.1) is 17.5 Å². The largest absolute Gasteiger partial charge is 0.343 e. The second-order valence-electron chi connectivity index (χ2n) is 4.64. The van der Waals surface area contributed by atoms with Gasteiger partial charge in [0, 0.05) is 11.8 Å². The fraction of sp³-hybridized carbons (Fsp3) is 0.133. The van der Waals surface area contributed by atoms with Gasteiger partial charge in [-0.25, -0.2) is 15.0 Å². The van der Waals surface area contributed by atoms with E-state index in [2.05, 4.69) is 15.0 Å². The van der Waals surface area contributed by atoms with Gasteiger partial charge in [-0.3, -0.25) is 10.6 Å². The molecule has 21 heavy (non-hydrogen) atoms. The fourth-order valence-electron chi connectivity index (χ4n) is 2.20. The quantitative estimate of drug-likeness (QED) is 0.391. The number of nitrogens with zero attached hydrogens (tertiary/aromatic N) is 3. The molecular weight excluding hydrogens is 266 g/mol. The molecule has 2 aromatic heterocycles. The zero-order chi connectivity index (χ0) is 14.8. The number of aromatic nitrogens is 3. The smallest absolute Gasteiger partial charge is 0.178 e. The summed E-state index contributed by atoms with van der Waals surface area (Å²) in [6.45, 7) is 2.04. The predicted octanol–water partition coefficient (Wildman–Crippen LogP) is 2.74. The van der Waals surface area contributed by atoms with Gasteiger partial charge in [0.1, 0.15) is 0 Å². The lowest BCUT2D eigenvalue weighted by Crippen LogP contribution is -2.27. The van der Waals surface area contributed by atoms with Gasteiger partial charge in [-0.15, -0.1) is 0 Å². The Morgan fingerprint density at radius 3 is 3.00 bits per heavy atom. The normalized spacial score (nSPS) is 10.8. The van der Waals surface area contributed by atoms with Crippen molar-refractivity contribution in [2.24, 2.45) is 0 Å². The molecule has 6 heteroatoms. The van der Waals surface area contributed by atoms with Crippen molar-refractivity contribution in [2.75, 3.05) is 5.06 Å². The first kappa shape index (κ1) is 13.3. The van der Waals surface area contributed by atoms with Crippen LogP contribution >= 0.6 is 0 Å². The summed E-state index contributed by atoms with van der Waals surface area (Å²) in [4.78, 5) is 11.1. The molecule has 0 bridgehead atoms. The lowest BCUT2D eigenvalue weighted by Gasteiger charge is -2.18. The van der Waals surface area contributed by atoms with Gasteiger partial charge in [-0.1, -0.05) is 19.1 Å². The Hall–Kier alpha value is -2.73. The lowest BCUT2D eigenvalue weighted by molar-refractivity contribution is 0.312. The molecule has 1 aromatic carbocycles. The van der Waals surface area contributed by atoms with Gasteiger partial charge >= 0.3 is 0 Å². The molecule has 0 aliphatic heterocycles. The second-order valence-corrected chi connectivity index (χ2v) is 4.64. The van der Waals surface area contributed by atoms with Crippen LogP contribution in [-0.4, -0.2) is 26.0 Å². The van der Waals surface area contributed by atoms with Crippen molar-refractivity contribution < 1.29 is 5.21 Å². The van der Waals surface area contributed by atoms with Crippen molar-refractivity contribution in [3.63, 3.8) is 0 Å². The van der Waals surface area contributed by atoms with Gasteiger partial charge in [-0.2, -0.15) is 0 Å². The van der Waals surface area contributed by atoms with Crippen LogP contribution in [0, 0.1) is 5.41 Å². The summed E-state index contributed by atoms with van der Waals surface area (Å²) in [5.41, 5.74) is 3.35. The highest BCUT2D eigenvalue weighted by Gasteiger charge is 2.16. The van der Waals surface area contributed by atoms with Crippen LogP contribution in [0.2, 0.25) is 0 Å².